The number of nitrogens with zero attached hydrogens (tertiary/aromatic N) is 3. The first kappa shape index (κ1) is 25.1. The summed E-state index contributed by atoms with van der Waals surface area (Å²) in [6.45, 7) is 7.78. The number of halogens is 1. The van der Waals surface area contributed by atoms with Crippen molar-refractivity contribution in [2.45, 2.75) is 39.5 Å². The van der Waals surface area contributed by atoms with Gasteiger partial charge in [0, 0.05) is 7.05 Å². The van der Waals surface area contributed by atoms with Crippen molar-refractivity contribution < 1.29 is 14.3 Å². The van der Waals surface area contributed by atoms with Crippen LogP contribution in [0.5, 0.6) is 0 Å². The lowest BCUT2D eigenvalue weighted by Gasteiger charge is -2.19. The zero-order chi connectivity index (χ0) is 24.9. The topological polar surface area (TPSA) is 77.1 Å². The fraction of sp³-hybridized carbons (Fsp3) is 0.296. The molecule has 3 rings (SSSR count). The molecule has 0 aliphatic rings. The van der Waals surface area contributed by atoms with Gasteiger partial charge in [0.1, 0.15) is 17.3 Å². The summed E-state index contributed by atoms with van der Waals surface area (Å²) in [5, 5.41) is 14.8. The van der Waals surface area contributed by atoms with Gasteiger partial charge in [0.05, 0.1) is 17.1 Å². The third-order valence-electron chi connectivity index (χ3n) is 5.36. The highest BCUT2D eigenvalue weighted by molar-refractivity contribution is 6.33. The Morgan fingerprint density at radius 3 is 2.26 bits per heavy atom. The summed E-state index contributed by atoms with van der Waals surface area (Å²) in [6.07, 6.45) is 0.119. The third kappa shape index (κ3) is 5.86. The molecule has 1 aromatic heterocycles. The van der Waals surface area contributed by atoms with Crippen LogP contribution in [0.4, 0.5) is 0 Å². The Bertz CT molecular complexity index is 1230. The first-order valence-corrected chi connectivity index (χ1v) is 11.3. The number of carbonyl (C=O) groups is 1. The summed E-state index contributed by atoms with van der Waals surface area (Å²) in [4.78, 5) is 12.3. The Morgan fingerprint density at radius 2 is 1.74 bits per heavy atom. The molecule has 0 fully saturated rings. The van der Waals surface area contributed by atoms with Crippen LogP contribution in [0.3, 0.4) is 0 Å². The smallest absolute Gasteiger partial charge is 0.313 e. The minimum atomic E-state index is -0.439. The lowest BCUT2D eigenvalue weighted by atomic mass is 9.86. The summed E-state index contributed by atoms with van der Waals surface area (Å²) in [6, 6.07) is 19.2. The van der Waals surface area contributed by atoms with Gasteiger partial charge in [-0.25, -0.2) is 0 Å². The third-order valence-corrected chi connectivity index (χ3v) is 5.81. The maximum Gasteiger partial charge on any atom is 0.313 e. The molecule has 2 aromatic carbocycles. The van der Waals surface area contributed by atoms with Crippen molar-refractivity contribution in [2.24, 2.45) is 7.05 Å². The highest BCUT2D eigenvalue weighted by Crippen LogP contribution is 2.34. The van der Waals surface area contributed by atoms with E-state index in [0.717, 1.165) is 11.1 Å². The monoisotopic (exact) mass is 477 g/mol. The SMILES string of the molecule is Cc1nn(C)c(/C(OCOC(=O)Cc2ccccc2)=C(\C#N)c2ccc(C(C)(C)C)cc2)c1Cl. The second-order valence-electron chi connectivity index (χ2n) is 8.96. The minimum absolute atomic E-state index is 0.0240. The van der Waals surface area contributed by atoms with Gasteiger partial charge in [-0.05, 0) is 29.0 Å². The number of carbonyl (C=O) groups excluding carboxylic acids is 1. The zero-order valence-electron chi connectivity index (χ0n) is 20.1. The highest BCUT2D eigenvalue weighted by Gasteiger charge is 2.23. The van der Waals surface area contributed by atoms with Gasteiger partial charge in [0.25, 0.3) is 0 Å². The van der Waals surface area contributed by atoms with Gasteiger partial charge in [0.15, 0.2) is 5.76 Å². The number of benzene rings is 2. The molecule has 3 aromatic rings. The second kappa shape index (κ2) is 10.6. The average molecular weight is 478 g/mol. The first-order chi connectivity index (χ1) is 16.1. The molecule has 0 N–H and O–H groups in total. The number of allylic oxidation sites excluding steroid dienone is 1. The Kier molecular flexibility index (Phi) is 7.80. The Hall–Kier alpha value is -3.56. The number of esters is 1. The van der Waals surface area contributed by atoms with Crippen molar-refractivity contribution in [1.29, 1.82) is 5.26 Å². The predicted molar refractivity (Wildman–Crippen MR) is 133 cm³/mol. The van der Waals surface area contributed by atoms with Crippen molar-refractivity contribution in [1.82, 2.24) is 9.78 Å². The Morgan fingerprint density at radius 1 is 1.09 bits per heavy atom. The minimum Gasteiger partial charge on any atom is -0.454 e. The Balaban J connectivity index is 1.92. The van der Waals surface area contributed by atoms with E-state index in [1.165, 1.54) is 0 Å². The number of nitriles is 1. The molecular formula is C27H28ClN3O3. The van der Waals surface area contributed by atoms with Gasteiger partial charge in [-0.3, -0.25) is 9.48 Å². The van der Waals surface area contributed by atoms with E-state index >= 15 is 0 Å². The van der Waals surface area contributed by atoms with Crippen molar-refractivity contribution in [3.63, 3.8) is 0 Å². The molecule has 0 saturated carbocycles. The summed E-state index contributed by atoms with van der Waals surface area (Å²) in [5.41, 5.74) is 3.92. The van der Waals surface area contributed by atoms with E-state index in [1.54, 1.807) is 18.7 Å². The van der Waals surface area contributed by atoms with E-state index in [0.29, 0.717) is 22.0 Å². The average Bonchev–Trinajstić information content (AvgIpc) is 3.04. The molecule has 34 heavy (non-hydrogen) atoms. The maximum absolute atomic E-state index is 12.3. The molecular weight excluding hydrogens is 450 g/mol. The van der Waals surface area contributed by atoms with Gasteiger partial charge >= 0.3 is 5.97 Å². The zero-order valence-corrected chi connectivity index (χ0v) is 20.8. The van der Waals surface area contributed by atoms with Gasteiger partial charge in [0.2, 0.25) is 6.79 Å². The fourth-order valence-electron chi connectivity index (χ4n) is 3.49. The molecule has 0 amide bonds. The van der Waals surface area contributed by atoms with Crippen LogP contribution < -0.4 is 0 Å². The summed E-state index contributed by atoms with van der Waals surface area (Å²) in [7, 11) is 1.72. The highest BCUT2D eigenvalue weighted by atomic mass is 35.5. The number of rotatable bonds is 7. The van der Waals surface area contributed by atoms with Crippen molar-refractivity contribution in [3.8, 4) is 6.07 Å². The van der Waals surface area contributed by atoms with E-state index in [9.17, 15) is 10.1 Å². The van der Waals surface area contributed by atoms with E-state index in [-0.39, 0.29) is 30.0 Å². The molecule has 7 heteroatoms. The van der Waals surface area contributed by atoms with Crippen LogP contribution in [0.2, 0.25) is 5.02 Å². The maximum atomic E-state index is 12.3. The molecule has 0 saturated heterocycles. The molecule has 1 heterocycles. The van der Waals surface area contributed by atoms with E-state index in [4.69, 9.17) is 21.1 Å². The van der Waals surface area contributed by atoms with Crippen molar-refractivity contribution >= 4 is 28.9 Å². The normalized spacial score (nSPS) is 12.0. The number of hydrogen-bond donors (Lipinski definition) is 0. The van der Waals surface area contributed by atoms with Crippen molar-refractivity contribution in [3.05, 3.63) is 87.7 Å². The second-order valence-corrected chi connectivity index (χ2v) is 9.33. The number of aryl methyl sites for hydroxylation is 2. The van der Waals surface area contributed by atoms with E-state index < -0.39 is 5.97 Å². The summed E-state index contributed by atoms with van der Waals surface area (Å²) in [5.74, 6) is -0.238. The van der Waals surface area contributed by atoms with Crippen LogP contribution in [0.15, 0.2) is 54.6 Å². The molecule has 0 aliphatic carbocycles. The predicted octanol–water partition coefficient (Wildman–Crippen LogP) is 5.83. The molecule has 0 unspecified atom stereocenters. The van der Waals surface area contributed by atoms with E-state index in [2.05, 4.69) is 31.9 Å². The van der Waals surface area contributed by atoms with Crippen LogP contribution in [0.25, 0.3) is 11.3 Å². The first-order valence-electron chi connectivity index (χ1n) is 10.9. The lowest BCUT2D eigenvalue weighted by molar-refractivity contribution is -0.150. The lowest BCUT2D eigenvalue weighted by Crippen LogP contribution is -2.13. The Labute approximate surface area is 205 Å². The number of aromatic nitrogens is 2. The van der Waals surface area contributed by atoms with Crippen LogP contribution in [0.1, 0.15) is 48.8 Å². The van der Waals surface area contributed by atoms with E-state index in [1.807, 2.05) is 54.6 Å². The quantitative estimate of drug-likeness (QED) is 0.185. The van der Waals surface area contributed by atoms with Crippen LogP contribution >= 0.6 is 11.6 Å². The molecule has 0 bridgehead atoms. The van der Waals surface area contributed by atoms with Gasteiger partial charge in [-0.1, -0.05) is 87.0 Å². The van der Waals surface area contributed by atoms with Gasteiger partial charge in [-0.2, -0.15) is 10.4 Å². The molecule has 0 atom stereocenters. The van der Waals surface area contributed by atoms with Crippen LogP contribution in [-0.4, -0.2) is 22.5 Å². The van der Waals surface area contributed by atoms with Crippen LogP contribution in [-0.2, 0) is 33.2 Å². The molecule has 0 aliphatic heterocycles. The number of hydrogen-bond acceptors (Lipinski definition) is 5. The fourth-order valence-corrected chi connectivity index (χ4v) is 3.73. The van der Waals surface area contributed by atoms with Crippen LogP contribution in [0, 0.1) is 18.3 Å². The largest absolute Gasteiger partial charge is 0.454 e. The number of ether oxygens (including phenoxy) is 2. The standard InChI is InChI=1S/C27H28ClN3O3/c1-18-24(28)25(31(5)30-18)26(34-17-33-23(32)15-19-9-7-6-8-10-19)22(16-29)20-11-13-21(14-12-20)27(2,3)4/h6-14H,15,17H2,1-5H3/b26-22-. The molecule has 176 valence electrons. The van der Waals surface area contributed by atoms with Crippen molar-refractivity contribution in [2.75, 3.05) is 6.79 Å². The molecule has 6 nitrogen and oxygen atoms in total. The molecule has 0 radical (unpaired) electrons. The summed E-state index contributed by atoms with van der Waals surface area (Å²) < 4.78 is 12.7. The summed E-state index contributed by atoms with van der Waals surface area (Å²) >= 11 is 6.52. The van der Waals surface area contributed by atoms with Gasteiger partial charge in [-0.15, -0.1) is 0 Å². The van der Waals surface area contributed by atoms with Gasteiger partial charge < -0.3 is 9.47 Å². The molecule has 0 spiro atoms.